The van der Waals surface area contributed by atoms with Crippen molar-refractivity contribution >= 4 is 48.7 Å². The van der Waals surface area contributed by atoms with Crippen LogP contribution in [0.1, 0.15) is 6.23 Å². The molecule has 1 saturated heterocycles. The number of aliphatic hydroxyl groups excluding tert-OH is 2. The zero-order chi connectivity index (χ0) is 21.7. The Morgan fingerprint density at radius 2 is 1.90 bits per heavy atom. The molecule has 0 aromatic carbocycles. The number of aromatic amines is 1. The maximum Gasteiger partial charge on any atom is 0.481 e. The number of imidazole rings is 1. The third kappa shape index (κ3) is 4.76. The number of hydrogen-bond donors (Lipinski definition) is 7. The van der Waals surface area contributed by atoms with E-state index in [1.165, 1.54) is 0 Å². The highest BCUT2D eigenvalue weighted by Gasteiger charge is 2.46. The van der Waals surface area contributed by atoms with Gasteiger partial charge in [0, 0.05) is 0 Å². The largest absolute Gasteiger partial charge is 0.481 e. The standard InChI is InChI=1S/C10H14BrN5O11P2/c11-9-13-3-6(14-10(12)15-7(3)19)16(9)8-5(18)4(17)2(26-8)1-25-29(23,24)27-28(20,21)22/h2,4-5,8,17-18H,1H2,(H,23,24)(H2,20,21,22)(H3,12,14,15,19)/t2-,4-,5-,8-/m1/s1. The molecule has 3 heterocycles. The van der Waals surface area contributed by atoms with Crippen LogP contribution in [0.25, 0.3) is 11.2 Å². The Labute approximate surface area is 168 Å². The van der Waals surface area contributed by atoms with Gasteiger partial charge in [0.2, 0.25) is 5.95 Å². The first-order valence-electron chi connectivity index (χ1n) is 7.48. The Kier molecular flexibility index (Phi) is 6.03. The number of hydrogen-bond acceptors (Lipinski definition) is 11. The van der Waals surface area contributed by atoms with Crippen molar-refractivity contribution in [3.8, 4) is 0 Å². The molecule has 1 aliphatic heterocycles. The molecule has 0 radical (unpaired) electrons. The summed E-state index contributed by atoms with van der Waals surface area (Å²) >= 11 is 3.07. The van der Waals surface area contributed by atoms with Crippen LogP contribution in [0.15, 0.2) is 9.53 Å². The molecule has 1 unspecified atom stereocenters. The minimum absolute atomic E-state index is 0.00780. The number of nitrogens with one attached hydrogen (secondary N) is 1. The van der Waals surface area contributed by atoms with Crippen LogP contribution in [0.3, 0.4) is 0 Å². The molecule has 5 atom stereocenters. The Hall–Kier alpha value is -1.23. The van der Waals surface area contributed by atoms with Gasteiger partial charge in [0.15, 0.2) is 22.1 Å². The fourth-order valence-corrected chi connectivity index (χ4v) is 4.75. The molecule has 8 N–H and O–H groups in total. The topological polar surface area (TPSA) is 253 Å². The summed E-state index contributed by atoms with van der Waals surface area (Å²) in [4.78, 5) is 48.5. The summed E-state index contributed by atoms with van der Waals surface area (Å²) in [6.07, 6.45) is -6.12. The molecule has 1 aliphatic rings. The molecule has 16 nitrogen and oxygen atoms in total. The second-order valence-corrected chi connectivity index (χ2v) is 9.30. The zero-order valence-corrected chi connectivity index (χ0v) is 17.3. The number of anilines is 1. The first-order valence-corrected chi connectivity index (χ1v) is 11.3. The van der Waals surface area contributed by atoms with Gasteiger partial charge < -0.3 is 35.4 Å². The van der Waals surface area contributed by atoms with Crippen LogP contribution >= 0.6 is 31.6 Å². The lowest BCUT2D eigenvalue weighted by molar-refractivity contribution is -0.0513. The minimum Gasteiger partial charge on any atom is -0.387 e. The Morgan fingerprint density at radius 1 is 1.24 bits per heavy atom. The first-order chi connectivity index (χ1) is 13.3. The SMILES string of the molecule is Nc1nc2c(nc(Br)n2[C@@H]2O[C@H](COP(=O)(O)OP(=O)(O)O)[C@@H](O)[C@H]2O)c(=O)[nH]1. The molecule has 29 heavy (non-hydrogen) atoms. The number of phosphoric ester groups is 1. The normalized spacial score (nSPS) is 27.4. The quantitative estimate of drug-likeness (QED) is 0.165. The van der Waals surface area contributed by atoms with Crippen molar-refractivity contribution in [3.63, 3.8) is 0 Å². The molecule has 2 aromatic rings. The van der Waals surface area contributed by atoms with Crippen LogP contribution in [-0.2, 0) is 22.7 Å². The van der Waals surface area contributed by atoms with Gasteiger partial charge in [0.1, 0.15) is 18.3 Å². The van der Waals surface area contributed by atoms with E-state index in [1.54, 1.807) is 0 Å². The van der Waals surface area contributed by atoms with Crippen LogP contribution in [0, 0.1) is 0 Å². The highest BCUT2D eigenvalue weighted by Crippen LogP contribution is 2.57. The maximum atomic E-state index is 11.9. The minimum atomic E-state index is -5.33. The summed E-state index contributed by atoms with van der Waals surface area (Å²) in [5.41, 5.74) is 4.60. The number of phosphoric acid groups is 2. The van der Waals surface area contributed by atoms with Gasteiger partial charge in [-0.15, -0.1) is 0 Å². The third-order valence-corrected chi connectivity index (χ3v) is 6.44. The Bertz CT molecular complexity index is 1080. The smallest absolute Gasteiger partial charge is 0.387 e. The number of halogens is 1. The van der Waals surface area contributed by atoms with Gasteiger partial charge in [0.05, 0.1) is 6.61 Å². The van der Waals surface area contributed by atoms with Gasteiger partial charge in [-0.25, -0.2) is 14.1 Å². The number of aliphatic hydroxyl groups is 2. The molecule has 2 aromatic heterocycles. The van der Waals surface area contributed by atoms with Gasteiger partial charge in [-0.3, -0.25) is 18.9 Å². The molecule has 1 fully saturated rings. The molecule has 19 heteroatoms. The summed E-state index contributed by atoms with van der Waals surface area (Å²) in [7, 11) is -10.5. The number of rotatable bonds is 6. The van der Waals surface area contributed by atoms with E-state index in [4.69, 9.17) is 20.3 Å². The van der Waals surface area contributed by atoms with E-state index in [0.29, 0.717) is 0 Å². The summed E-state index contributed by atoms with van der Waals surface area (Å²) < 4.78 is 36.7. The predicted octanol–water partition coefficient (Wildman–Crippen LogP) is -1.69. The number of fused-ring (bicyclic) bond motifs is 1. The van der Waals surface area contributed by atoms with Crippen molar-refractivity contribution in [2.75, 3.05) is 12.3 Å². The highest BCUT2D eigenvalue weighted by molar-refractivity contribution is 9.10. The van der Waals surface area contributed by atoms with E-state index in [9.17, 15) is 29.0 Å². The van der Waals surface area contributed by atoms with Crippen molar-refractivity contribution in [1.82, 2.24) is 19.5 Å². The van der Waals surface area contributed by atoms with Crippen LogP contribution in [-0.4, -0.2) is 69.3 Å². The number of H-pyrrole nitrogens is 1. The van der Waals surface area contributed by atoms with Crippen LogP contribution < -0.4 is 11.3 Å². The lowest BCUT2D eigenvalue weighted by Crippen LogP contribution is -2.33. The van der Waals surface area contributed by atoms with E-state index in [0.717, 1.165) is 4.57 Å². The van der Waals surface area contributed by atoms with E-state index in [1.807, 2.05) is 0 Å². The highest BCUT2D eigenvalue weighted by atomic mass is 79.9. The fourth-order valence-electron chi connectivity index (χ4n) is 2.61. The second kappa shape index (κ2) is 7.79. The maximum absolute atomic E-state index is 11.9. The number of nitrogen functional groups attached to an aromatic ring is 1. The van der Waals surface area contributed by atoms with Gasteiger partial charge in [-0.05, 0) is 15.9 Å². The molecule has 0 aliphatic carbocycles. The first kappa shape index (κ1) is 22.5. The molecule has 0 amide bonds. The lowest BCUT2D eigenvalue weighted by atomic mass is 10.1. The molecular formula is C10H14BrN5O11P2. The van der Waals surface area contributed by atoms with Gasteiger partial charge in [-0.1, -0.05) is 0 Å². The second-order valence-electron chi connectivity index (χ2n) is 5.76. The van der Waals surface area contributed by atoms with Crippen LogP contribution in [0.5, 0.6) is 0 Å². The summed E-state index contributed by atoms with van der Waals surface area (Å²) in [5.74, 6) is -0.250. The van der Waals surface area contributed by atoms with Crippen LogP contribution in [0.2, 0.25) is 0 Å². The fraction of sp³-hybridized carbons (Fsp3) is 0.500. The Morgan fingerprint density at radius 3 is 2.52 bits per heavy atom. The van der Waals surface area contributed by atoms with Gasteiger partial charge in [-0.2, -0.15) is 9.29 Å². The number of nitrogens with two attached hydrogens (primary N) is 1. The van der Waals surface area contributed by atoms with E-state index < -0.39 is 52.4 Å². The van der Waals surface area contributed by atoms with Gasteiger partial charge >= 0.3 is 15.6 Å². The van der Waals surface area contributed by atoms with E-state index in [2.05, 4.69) is 39.7 Å². The molecule has 162 valence electrons. The summed E-state index contributed by atoms with van der Waals surface area (Å²) in [6, 6.07) is 0. The third-order valence-electron chi connectivity index (χ3n) is 3.73. The molecule has 3 rings (SSSR count). The lowest BCUT2D eigenvalue weighted by Gasteiger charge is -2.18. The Balaban J connectivity index is 1.85. The number of ether oxygens (including phenoxy) is 1. The number of nitrogens with zero attached hydrogens (tertiary/aromatic N) is 3. The number of aromatic nitrogens is 4. The van der Waals surface area contributed by atoms with Crippen molar-refractivity contribution < 1.29 is 47.6 Å². The zero-order valence-electron chi connectivity index (χ0n) is 13.9. The van der Waals surface area contributed by atoms with E-state index in [-0.39, 0.29) is 21.8 Å². The predicted molar refractivity (Wildman–Crippen MR) is 95.1 cm³/mol. The van der Waals surface area contributed by atoms with Crippen molar-refractivity contribution in [2.24, 2.45) is 0 Å². The average Bonchev–Trinajstić information content (AvgIpc) is 3.01. The van der Waals surface area contributed by atoms with Crippen molar-refractivity contribution in [1.29, 1.82) is 0 Å². The van der Waals surface area contributed by atoms with Crippen LogP contribution in [0.4, 0.5) is 5.95 Å². The van der Waals surface area contributed by atoms with Gasteiger partial charge in [0.25, 0.3) is 5.56 Å². The van der Waals surface area contributed by atoms with Crippen molar-refractivity contribution in [3.05, 3.63) is 15.1 Å². The molecule has 0 bridgehead atoms. The molecule has 0 spiro atoms. The summed E-state index contributed by atoms with van der Waals surface area (Å²) in [6.45, 7) is -0.886. The van der Waals surface area contributed by atoms with Crippen molar-refractivity contribution in [2.45, 2.75) is 24.5 Å². The summed E-state index contributed by atoms with van der Waals surface area (Å²) in [5, 5.41) is 20.5. The monoisotopic (exact) mass is 521 g/mol. The molecular weight excluding hydrogens is 508 g/mol. The molecule has 0 saturated carbocycles. The average molecular weight is 522 g/mol. The van der Waals surface area contributed by atoms with E-state index >= 15 is 0 Å².